The van der Waals surface area contributed by atoms with E-state index in [0.29, 0.717) is 11.3 Å². The molecule has 0 aliphatic heterocycles. The molecule has 2 rings (SSSR count). The number of ether oxygens (including phenoxy) is 1. The molecule has 1 heterocycles. The number of nitrogens with zero attached hydrogens (tertiary/aromatic N) is 3. The van der Waals surface area contributed by atoms with E-state index in [1.807, 2.05) is 6.92 Å². The maximum Gasteiger partial charge on any atom is 0.304 e. The fourth-order valence-corrected chi connectivity index (χ4v) is 1.55. The third-order valence-corrected chi connectivity index (χ3v) is 2.55. The summed E-state index contributed by atoms with van der Waals surface area (Å²) >= 11 is 0. The first-order valence-electron chi connectivity index (χ1n) is 5.68. The van der Waals surface area contributed by atoms with Crippen LogP contribution in [0, 0.1) is 15.9 Å². The van der Waals surface area contributed by atoms with Gasteiger partial charge in [0.2, 0.25) is 5.82 Å². The Morgan fingerprint density at radius 3 is 2.89 bits per heavy atom. The number of aryl methyl sites for hydroxylation is 1. The van der Waals surface area contributed by atoms with Crippen LogP contribution in [0.4, 0.5) is 10.1 Å². The lowest BCUT2D eigenvalue weighted by molar-refractivity contribution is -0.387. The Balaban J connectivity index is 2.03. The van der Waals surface area contributed by atoms with Gasteiger partial charge in [-0.05, 0) is 24.6 Å². The molecule has 19 heavy (non-hydrogen) atoms. The van der Waals surface area contributed by atoms with Crippen LogP contribution in [-0.2, 0) is 13.2 Å². The van der Waals surface area contributed by atoms with Gasteiger partial charge in [0.05, 0.1) is 17.3 Å². The standard InChI is InChI=1S/C12H12FN3O3/c1-2-15-7-10(6-14-15)19-8-9-3-4-12(16(17)18)11(13)5-9/h3-7H,2,8H2,1H3. The number of nitro benzene ring substituents is 1. The molecule has 100 valence electrons. The minimum atomic E-state index is -0.865. The van der Waals surface area contributed by atoms with Gasteiger partial charge in [0.1, 0.15) is 6.61 Å². The third kappa shape index (κ3) is 3.06. The molecule has 0 N–H and O–H groups in total. The van der Waals surface area contributed by atoms with Gasteiger partial charge in [-0.15, -0.1) is 0 Å². The van der Waals surface area contributed by atoms with E-state index in [-0.39, 0.29) is 6.61 Å². The highest BCUT2D eigenvalue weighted by atomic mass is 19.1. The summed E-state index contributed by atoms with van der Waals surface area (Å²) in [6.45, 7) is 2.81. The summed E-state index contributed by atoms with van der Waals surface area (Å²) in [6, 6.07) is 3.69. The van der Waals surface area contributed by atoms with Crippen molar-refractivity contribution in [2.24, 2.45) is 0 Å². The third-order valence-electron chi connectivity index (χ3n) is 2.55. The molecule has 0 amide bonds. The lowest BCUT2D eigenvalue weighted by Crippen LogP contribution is -1.98. The molecule has 1 aromatic carbocycles. The van der Waals surface area contributed by atoms with E-state index in [1.165, 1.54) is 6.07 Å². The smallest absolute Gasteiger partial charge is 0.304 e. The quantitative estimate of drug-likeness (QED) is 0.615. The monoisotopic (exact) mass is 265 g/mol. The summed E-state index contributed by atoms with van der Waals surface area (Å²) in [6.07, 6.45) is 3.28. The number of halogens is 1. The predicted molar refractivity (Wildman–Crippen MR) is 65.3 cm³/mol. The van der Waals surface area contributed by atoms with Gasteiger partial charge in [-0.25, -0.2) is 0 Å². The first kappa shape index (κ1) is 13.0. The second kappa shape index (κ2) is 5.47. The van der Waals surface area contributed by atoms with Crippen molar-refractivity contribution in [2.45, 2.75) is 20.1 Å². The fraction of sp³-hybridized carbons (Fsp3) is 0.250. The van der Waals surface area contributed by atoms with Crippen LogP contribution in [0.15, 0.2) is 30.6 Å². The van der Waals surface area contributed by atoms with Crippen molar-refractivity contribution in [3.05, 3.63) is 52.1 Å². The number of nitro groups is 1. The van der Waals surface area contributed by atoms with Crippen molar-refractivity contribution in [3.63, 3.8) is 0 Å². The highest BCUT2D eigenvalue weighted by Gasteiger charge is 2.13. The van der Waals surface area contributed by atoms with Gasteiger partial charge in [-0.2, -0.15) is 9.49 Å². The number of benzene rings is 1. The highest BCUT2D eigenvalue weighted by molar-refractivity contribution is 5.34. The Morgan fingerprint density at radius 1 is 1.53 bits per heavy atom. The van der Waals surface area contributed by atoms with Crippen molar-refractivity contribution < 1.29 is 14.1 Å². The van der Waals surface area contributed by atoms with Gasteiger partial charge in [-0.1, -0.05) is 0 Å². The van der Waals surface area contributed by atoms with Crippen LogP contribution >= 0.6 is 0 Å². The van der Waals surface area contributed by atoms with Crippen LogP contribution in [-0.4, -0.2) is 14.7 Å². The van der Waals surface area contributed by atoms with E-state index in [2.05, 4.69) is 5.10 Å². The van der Waals surface area contributed by atoms with E-state index in [0.717, 1.165) is 18.7 Å². The lowest BCUT2D eigenvalue weighted by Gasteiger charge is -2.03. The van der Waals surface area contributed by atoms with Crippen molar-refractivity contribution in [3.8, 4) is 5.75 Å². The van der Waals surface area contributed by atoms with Crippen LogP contribution in [0.25, 0.3) is 0 Å². The SMILES string of the molecule is CCn1cc(OCc2ccc([N+](=O)[O-])c(F)c2)cn1. The van der Waals surface area contributed by atoms with Gasteiger partial charge in [-0.3, -0.25) is 14.8 Å². The molecule has 0 aliphatic carbocycles. The number of aromatic nitrogens is 2. The van der Waals surface area contributed by atoms with Crippen molar-refractivity contribution in [2.75, 3.05) is 0 Å². The number of hydrogen-bond acceptors (Lipinski definition) is 4. The molecule has 7 heteroatoms. The first-order valence-corrected chi connectivity index (χ1v) is 5.68. The van der Waals surface area contributed by atoms with Crippen LogP contribution in [0.3, 0.4) is 0 Å². The van der Waals surface area contributed by atoms with Crippen LogP contribution in [0.5, 0.6) is 5.75 Å². The van der Waals surface area contributed by atoms with E-state index < -0.39 is 16.4 Å². The molecule has 0 saturated heterocycles. The van der Waals surface area contributed by atoms with Crippen molar-refractivity contribution in [1.82, 2.24) is 9.78 Å². The Bertz CT molecular complexity index is 598. The summed E-state index contributed by atoms with van der Waals surface area (Å²) in [5.41, 5.74) is -0.0186. The molecule has 6 nitrogen and oxygen atoms in total. The summed E-state index contributed by atoms with van der Waals surface area (Å²) < 4.78 is 20.5. The molecule has 0 radical (unpaired) electrons. The molecule has 0 aliphatic rings. The number of hydrogen-bond donors (Lipinski definition) is 0. The molecule has 0 atom stereocenters. The van der Waals surface area contributed by atoms with Crippen molar-refractivity contribution in [1.29, 1.82) is 0 Å². The van der Waals surface area contributed by atoms with Gasteiger partial charge >= 0.3 is 5.69 Å². The van der Waals surface area contributed by atoms with Crippen LogP contribution in [0.1, 0.15) is 12.5 Å². The maximum absolute atomic E-state index is 13.4. The molecule has 0 bridgehead atoms. The van der Waals surface area contributed by atoms with E-state index >= 15 is 0 Å². The molecule has 1 aromatic heterocycles. The zero-order valence-corrected chi connectivity index (χ0v) is 10.2. The number of rotatable bonds is 5. The molecule has 0 spiro atoms. The highest BCUT2D eigenvalue weighted by Crippen LogP contribution is 2.19. The molecular weight excluding hydrogens is 253 g/mol. The van der Waals surface area contributed by atoms with Gasteiger partial charge in [0, 0.05) is 12.6 Å². The molecular formula is C12H12FN3O3. The summed E-state index contributed by atoms with van der Waals surface area (Å²) in [5.74, 6) is -0.295. The Kier molecular flexibility index (Phi) is 3.74. The normalized spacial score (nSPS) is 10.4. The first-order chi connectivity index (χ1) is 9.10. The second-order valence-electron chi connectivity index (χ2n) is 3.86. The van der Waals surface area contributed by atoms with E-state index in [9.17, 15) is 14.5 Å². The molecule has 0 fully saturated rings. The lowest BCUT2D eigenvalue weighted by atomic mass is 10.2. The van der Waals surface area contributed by atoms with E-state index in [4.69, 9.17) is 4.74 Å². The summed E-state index contributed by atoms with van der Waals surface area (Å²) in [7, 11) is 0. The Hall–Kier alpha value is -2.44. The van der Waals surface area contributed by atoms with Crippen LogP contribution < -0.4 is 4.74 Å². The van der Waals surface area contributed by atoms with Crippen LogP contribution in [0.2, 0.25) is 0 Å². The second-order valence-corrected chi connectivity index (χ2v) is 3.86. The van der Waals surface area contributed by atoms with Gasteiger partial charge in [0.15, 0.2) is 5.75 Å². The summed E-state index contributed by atoms with van der Waals surface area (Å²) in [5, 5.41) is 14.5. The average molecular weight is 265 g/mol. The zero-order chi connectivity index (χ0) is 13.8. The predicted octanol–water partition coefficient (Wildman–Crippen LogP) is 2.53. The molecule has 2 aromatic rings. The minimum absolute atomic E-state index is 0.129. The minimum Gasteiger partial charge on any atom is -0.486 e. The molecule has 0 saturated carbocycles. The van der Waals surface area contributed by atoms with Crippen molar-refractivity contribution >= 4 is 5.69 Å². The zero-order valence-electron chi connectivity index (χ0n) is 10.2. The Labute approximate surface area is 108 Å². The summed E-state index contributed by atoms with van der Waals surface area (Å²) in [4.78, 5) is 9.71. The molecule has 0 unspecified atom stereocenters. The van der Waals surface area contributed by atoms with Gasteiger partial charge in [0.25, 0.3) is 0 Å². The largest absolute Gasteiger partial charge is 0.486 e. The fourth-order valence-electron chi connectivity index (χ4n) is 1.55. The van der Waals surface area contributed by atoms with Gasteiger partial charge < -0.3 is 4.74 Å². The van der Waals surface area contributed by atoms with E-state index in [1.54, 1.807) is 17.1 Å². The topological polar surface area (TPSA) is 70.2 Å². The average Bonchev–Trinajstić information content (AvgIpc) is 2.84. The maximum atomic E-state index is 13.4. The Morgan fingerprint density at radius 2 is 2.32 bits per heavy atom.